The van der Waals surface area contributed by atoms with Crippen molar-refractivity contribution in [3.63, 3.8) is 0 Å². The van der Waals surface area contributed by atoms with Crippen LogP contribution in [0.4, 0.5) is 8.78 Å². The predicted molar refractivity (Wildman–Crippen MR) is 123 cm³/mol. The maximum atomic E-state index is 13.7. The molecule has 0 spiro atoms. The van der Waals surface area contributed by atoms with Crippen molar-refractivity contribution < 1.29 is 13.5 Å². The summed E-state index contributed by atoms with van der Waals surface area (Å²) in [5.74, 6) is -1.04. The number of unbranched alkanes of at least 4 members (excludes halogenated alkanes) is 1. The molecule has 33 heavy (non-hydrogen) atoms. The zero-order chi connectivity index (χ0) is 23.8. The number of rotatable bonds is 6. The average molecular weight is 493 g/mol. The summed E-state index contributed by atoms with van der Waals surface area (Å²) in [5.41, 5.74) is 2.60. The number of aryl methyl sites for hydroxylation is 1. The Morgan fingerprint density at radius 1 is 1.00 bits per heavy atom. The standard InChI is InChI=1S/C12H8ClFN4.C10H12ClFN2O/c1-7-2-3-10-15-5-9(18(10)6-7)11-8(14)4-16-12(13)17-11;1-2-3-5-15-6-4-9-8(12)7-13-10(11)14-9/h2-6H,1H3;4,6-7H,2-3,5H2,1H3/b;6-4+. The first-order chi connectivity index (χ1) is 15.9. The molecule has 0 aliphatic rings. The number of hydrogen-bond donors (Lipinski definition) is 0. The lowest BCUT2D eigenvalue weighted by molar-refractivity contribution is 0.246. The first-order valence-corrected chi connectivity index (χ1v) is 10.7. The monoisotopic (exact) mass is 492 g/mol. The van der Waals surface area contributed by atoms with Crippen molar-refractivity contribution in [2.24, 2.45) is 0 Å². The molecule has 0 saturated carbocycles. The summed E-state index contributed by atoms with van der Waals surface area (Å²) in [7, 11) is 0. The number of hydrogen-bond acceptors (Lipinski definition) is 6. The molecule has 0 fully saturated rings. The topological polar surface area (TPSA) is 78.1 Å². The van der Waals surface area contributed by atoms with Crippen molar-refractivity contribution in [3.05, 3.63) is 76.6 Å². The maximum absolute atomic E-state index is 13.7. The molecule has 0 saturated heterocycles. The van der Waals surface area contributed by atoms with Crippen LogP contribution in [0.25, 0.3) is 23.1 Å². The third-order valence-corrected chi connectivity index (χ3v) is 4.65. The SMILES string of the molecule is CCCCO/C=C/c1nc(Cl)ncc1F.Cc1ccc2ncc(-c3nc(Cl)ncc3F)n2c1. The molecule has 0 aliphatic carbocycles. The lowest BCUT2D eigenvalue weighted by Crippen LogP contribution is -1.96. The average Bonchev–Trinajstić information content (AvgIpc) is 3.21. The van der Waals surface area contributed by atoms with E-state index in [4.69, 9.17) is 27.9 Å². The van der Waals surface area contributed by atoms with E-state index >= 15 is 0 Å². The van der Waals surface area contributed by atoms with Gasteiger partial charge in [-0.2, -0.15) is 0 Å². The van der Waals surface area contributed by atoms with Crippen LogP contribution in [-0.2, 0) is 4.74 Å². The van der Waals surface area contributed by atoms with Gasteiger partial charge in [0.05, 0.1) is 37.2 Å². The molecule has 0 bridgehead atoms. The Hall–Kier alpha value is -3.17. The molecule has 4 rings (SSSR count). The number of aromatic nitrogens is 6. The second kappa shape index (κ2) is 11.6. The smallest absolute Gasteiger partial charge is 0.223 e. The van der Waals surface area contributed by atoms with E-state index in [2.05, 4.69) is 31.8 Å². The van der Waals surface area contributed by atoms with Crippen LogP contribution in [0.1, 0.15) is 31.0 Å². The Morgan fingerprint density at radius 2 is 1.73 bits per heavy atom. The van der Waals surface area contributed by atoms with E-state index in [0.29, 0.717) is 12.3 Å². The second-order valence-corrected chi connectivity index (χ2v) is 7.49. The van der Waals surface area contributed by atoms with Crippen LogP contribution in [0.2, 0.25) is 10.6 Å². The highest BCUT2D eigenvalue weighted by Crippen LogP contribution is 2.22. The molecule has 7 nitrogen and oxygen atoms in total. The fraction of sp³-hybridized carbons (Fsp3) is 0.227. The van der Waals surface area contributed by atoms with E-state index in [9.17, 15) is 8.78 Å². The van der Waals surface area contributed by atoms with Crippen molar-refractivity contribution in [2.75, 3.05) is 6.61 Å². The predicted octanol–water partition coefficient (Wildman–Crippen LogP) is 5.95. The summed E-state index contributed by atoms with van der Waals surface area (Å²) >= 11 is 11.2. The van der Waals surface area contributed by atoms with E-state index in [1.54, 1.807) is 10.6 Å². The molecule has 4 heterocycles. The fourth-order valence-electron chi connectivity index (χ4n) is 2.67. The van der Waals surface area contributed by atoms with Gasteiger partial charge in [-0.15, -0.1) is 0 Å². The number of imidazole rings is 1. The normalized spacial score (nSPS) is 11.0. The van der Waals surface area contributed by atoms with Crippen LogP contribution in [0.5, 0.6) is 0 Å². The molecule has 4 aromatic heterocycles. The Kier molecular flexibility index (Phi) is 8.62. The van der Waals surface area contributed by atoms with Crippen LogP contribution in [0, 0.1) is 18.6 Å². The Balaban J connectivity index is 0.000000190. The van der Waals surface area contributed by atoms with Gasteiger partial charge in [-0.3, -0.25) is 4.40 Å². The highest BCUT2D eigenvalue weighted by molar-refractivity contribution is 6.28. The van der Waals surface area contributed by atoms with Gasteiger partial charge >= 0.3 is 0 Å². The molecule has 0 atom stereocenters. The molecule has 0 aromatic carbocycles. The van der Waals surface area contributed by atoms with Gasteiger partial charge in [0.25, 0.3) is 0 Å². The molecule has 4 aromatic rings. The van der Waals surface area contributed by atoms with Gasteiger partial charge in [0.2, 0.25) is 10.6 Å². The summed E-state index contributed by atoms with van der Waals surface area (Å²) in [6.45, 7) is 4.64. The quantitative estimate of drug-likeness (QED) is 0.188. The zero-order valence-corrected chi connectivity index (χ0v) is 19.4. The van der Waals surface area contributed by atoms with Gasteiger partial charge in [-0.05, 0) is 48.2 Å². The minimum absolute atomic E-state index is 0.00834. The van der Waals surface area contributed by atoms with Crippen molar-refractivity contribution in [2.45, 2.75) is 26.7 Å². The zero-order valence-electron chi connectivity index (χ0n) is 17.8. The summed E-state index contributed by atoms with van der Waals surface area (Å²) in [6, 6.07) is 3.80. The van der Waals surface area contributed by atoms with Crippen molar-refractivity contribution >= 4 is 34.9 Å². The van der Waals surface area contributed by atoms with Crippen molar-refractivity contribution in [3.8, 4) is 11.4 Å². The van der Waals surface area contributed by atoms with E-state index in [1.807, 2.05) is 25.3 Å². The van der Waals surface area contributed by atoms with Gasteiger partial charge < -0.3 is 4.74 Å². The maximum Gasteiger partial charge on any atom is 0.223 e. The molecule has 11 heteroatoms. The van der Waals surface area contributed by atoms with Crippen LogP contribution in [0.15, 0.2) is 43.2 Å². The Labute approximate surface area is 199 Å². The number of fused-ring (bicyclic) bond motifs is 1. The first kappa shape index (κ1) is 24.5. The third-order valence-electron chi connectivity index (χ3n) is 4.29. The van der Waals surface area contributed by atoms with Gasteiger partial charge in [0, 0.05) is 12.3 Å². The number of halogens is 4. The van der Waals surface area contributed by atoms with Crippen molar-refractivity contribution in [1.82, 2.24) is 29.3 Å². The number of ether oxygens (including phenoxy) is 1. The van der Waals surface area contributed by atoms with E-state index < -0.39 is 11.6 Å². The summed E-state index contributed by atoms with van der Waals surface area (Å²) in [6.07, 6.45) is 10.4. The van der Waals surface area contributed by atoms with Crippen LogP contribution in [0.3, 0.4) is 0 Å². The van der Waals surface area contributed by atoms with Crippen LogP contribution < -0.4 is 0 Å². The number of pyridine rings is 1. The number of nitrogens with zero attached hydrogens (tertiary/aromatic N) is 6. The highest BCUT2D eigenvalue weighted by atomic mass is 35.5. The Morgan fingerprint density at radius 3 is 2.48 bits per heavy atom. The lowest BCUT2D eigenvalue weighted by Gasteiger charge is -2.03. The summed E-state index contributed by atoms with van der Waals surface area (Å²) in [4.78, 5) is 18.9. The molecule has 0 aliphatic heterocycles. The molecule has 0 amide bonds. The second-order valence-electron chi connectivity index (χ2n) is 6.81. The molecule has 0 radical (unpaired) electrons. The minimum Gasteiger partial charge on any atom is -0.501 e. The van der Waals surface area contributed by atoms with Gasteiger partial charge in [-0.25, -0.2) is 33.7 Å². The van der Waals surface area contributed by atoms with E-state index in [-0.39, 0.29) is 22.0 Å². The van der Waals surface area contributed by atoms with E-state index in [0.717, 1.165) is 36.4 Å². The van der Waals surface area contributed by atoms with Crippen LogP contribution >= 0.6 is 23.2 Å². The van der Waals surface area contributed by atoms with Crippen LogP contribution in [-0.4, -0.2) is 35.9 Å². The molecular weight excluding hydrogens is 473 g/mol. The largest absolute Gasteiger partial charge is 0.501 e. The minimum atomic E-state index is -0.525. The van der Waals surface area contributed by atoms with Crippen molar-refractivity contribution in [1.29, 1.82) is 0 Å². The lowest BCUT2D eigenvalue weighted by atomic mass is 10.3. The molecule has 0 N–H and O–H groups in total. The Bertz CT molecular complexity index is 1270. The van der Waals surface area contributed by atoms with Gasteiger partial charge in [0.1, 0.15) is 17.0 Å². The third kappa shape index (κ3) is 6.66. The highest BCUT2D eigenvalue weighted by Gasteiger charge is 2.13. The molecule has 172 valence electrons. The molecular formula is C22H20Cl2F2N6O. The first-order valence-electron chi connectivity index (χ1n) is 9.97. The molecule has 0 unspecified atom stereocenters. The van der Waals surface area contributed by atoms with Gasteiger partial charge in [0.15, 0.2) is 11.6 Å². The van der Waals surface area contributed by atoms with Gasteiger partial charge in [-0.1, -0.05) is 19.4 Å². The fourth-order valence-corrected chi connectivity index (χ4v) is 2.94. The van der Waals surface area contributed by atoms with E-state index in [1.165, 1.54) is 12.3 Å². The summed E-state index contributed by atoms with van der Waals surface area (Å²) < 4.78 is 33.7. The summed E-state index contributed by atoms with van der Waals surface area (Å²) in [5, 5.41) is 0.0265.